The Hall–Kier alpha value is -2.59. The topological polar surface area (TPSA) is 117 Å². The second-order valence-electron chi connectivity index (χ2n) is 8.83. The molecule has 1 aliphatic rings. The van der Waals surface area contributed by atoms with Crippen molar-refractivity contribution in [1.82, 2.24) is 15.0 Å². The van der Waals surface area contributed by atoms with Gasteiger partial charge in [-0.05, 0) is 56.2 Å². The summed E-state index contributed by atoms with van der Waals surface area (Å²) >= 11 is 12.2. The van der Waals surface area contributed by atoms with E-state index in [2.05, 4.69) is 20.2 Å². The number of hydrogen-bond acceptors (Lipinski definition) is 8. The summed E-state index contributed by atoms with van der Waals surface area (Å²) in [4.78, 5) is 28.5. The maximum Gasteiger partial charge on any atom is 0.163 e. The number of hydrogen-bond donors (Lipinski definition) is 3. The zero-order valence-electron chi connectivity index (χ0n) is 20.7. The number of aromatic hydroxyl groups is 1. The van der Waals surface area contributed by atoms with E-state index in [9.17, 15) is 9.90 Å². The third kappa shape index (κ3) is 6.95. The number of aromatic nitrogens is 3. The molecule has 208 valence electrons. The number of Topliss-reactive ketones (excluding diaryl/α,β-unsaturated/α-hetero) is 1. The quantitative estimate of drug-likeness (QED) is 0.205. The summed E-state index contributed by atoms with van der Waals surface area (Å²) in [6.07, 6.45) is 5.34. The van der Waals surface area contributed by atoms with Crippen LogP contribution in [0.5, 0.6) is 5.75 Å². The Labute approximate surface area is 254 Å². The first kappa shape index (κ1) is 32.6. The number of ketones is 1. The highest BCUT2D eigenvalue weighted by Gasteiger charge is 2.19. The van der Waals surface area contributed by atoms with Gasteiger partial charge in [0.25, 0.3) is 0 Å². The van der Waals surface area contributed by atoms with Crippen molar-refractivity contribution in [3.63, 3.8) is 0 Å². The number of nitrogens with two attached hydrogens (primary N) is 1. The molecule has 0 amide bonds. The molecule has 0 aliphatic carbocycles. The van der Waals surface area contributed by atoms with Crippen LogP contribution in [0.1, 0.15) is 30.1 Å². The van der Waals surface area contributed by atoms with E-state index in [1.54, 1.807) is 30.6 Å². The summed E-state index contributed by atoms with van der Waals surface area (Å²) in [5.74, 6) is 0.526. The molecule has 8 nitrogen and oxygen atoms in total. The Balaban J connectivity index is 0.00000178. The van der Waals surface area contributed by atoms with Gasteiger partial charge in [-0.2, -0.15) is 0 Å². The molecule has 0 radical (unpaired) electrons. The van der Waals surface area contributed by atoms with Crippen molar-refractivity contribution in [2.24, 2.45) is 5.73 Å². The maximum atomic E-state index is 12.5. The van der Waals surface area contributed by atoms with Crippen LogP contribution in [0, 0.1) is 0 Å². The van der Waals surface area contributed by atoms with Gasteiger partial charge in [0.1, 0.15) is 11.3 Å². The number of halogens is 5. The number of phenolic OH excluding ortho intramolecular Hbond substituents is 1. The van der Waals surface area contributed by atoms with Crippen molar-refractivity contribution in [3.05, 3.63) is 64.4 Å². The maximum absolute atomic E-state index is 12.5. The molecular formula is C26H27Cl5N6O2. The zero-order valence-corrected chi connectivity index (χ0v) is 24.7. The highest BCUT2D eigenvalue weighted by molar-refractivity contribution is 6.37. The van der Waals surface area contributed by atoms with E-state index in [1.807, 2.05) is 18.2 Å². The number of anilines is 3. The zero-order chi connectivity index (χ0) is 25.4. The lowest BCUT2D eigenvalue weighted by molar-refractivity contribution is 0.101. The number of benzene rings is 1. The summed E-state index contributed by atoms with van der Waals surface area (Å²) in [6, 6.07) is 10.8. The van der Waals surface area contributed by atoms with Gasteiger partial charge in [0.2, 0.25) is 0 Å². The fourth-order valence-corrected chi connectivity index (χ4v) is 4.83. The second-order valence-corrected chi connectivity index (χ2v) is 9.65. The molecule has 5 rings (SSSR count). The summed E-state index contributed by atoms with van der Waals surface area (Å²) in [5, 5.41) is 13.5. The van der Waals surface area contributed by atoms with Crippen molar-refractivity contribution in [2.45, 2.75) is 25.8 Å². The van der Waals surface area contributed by atoms with E-state index in [4.69, 9.17) is 33.9 Å². The predicted octanol–water partition coefficient (Wildman–Crippen LogP) is 6.84. The summed E-state index contributed by atoms with van der Waals surface area (Å²) in [6.45, 7) is 3.19. The summed E-state index contributed by atoms with van der Waals surface area (Å²) < 4.78 is 0. The molecule has 1 aromatic carbocycles. The number of rotatable bonds is 5. The number of phenols is 1. The SMILES string of the molecule is CC(=O)c1cnc2ccc(-c3cc(Cl)c(O)c(Cl)c3)nc2c1Nc1ccc(N2CCC[C@@H](N)C2)nc1.Cl.Cl.Cl. The predicted molar refractivity (Wildman–Crippen MR) is 165 cm³/mol. The van der Waals surface area contributed by atoms with Crippen molar-refractivity contribution in [2.75, 3.05) is 23.3 Å². The van der Waals surface area contributed by atoms with Gasteiger partial charge in [0.05, 0.1) is 44.4 Å². The summed E-state index contributed by atoms with van der Waals surface area (Å²) in [7, 11) is 0. The first-order valence-electron chi connectivity index (χ1n) is 11.5. The van der Waals surface area contributed by atoms with E-state index in [0.29, 0.717) is 39.2 Å². The normalized spacial score (nSPS) is 14.6. The highest BCUT2D eigenvalue weighted by atomic mass is 35.5. The first-order chi connectivity index (χ1) is 17.3. The van der Waals surface area contributed by atoms with Crippen molar-refractivity contribution in [1.29, 1.82) is 0 Å². The third-order valence-electron chi connectivity index (χ3n) is 6.20. The third-order valence-corrected chi connectivity index (χ3v) is 6.78. The minimum Gasteiger partial charge on any atom is -0.505 e. The molecule has 0 spiro atoms. The first-order valence-corrected chi connectivity index (χ1v) is 12.3. The number of pyridine rings is 3. The van der Waals surface area contributed by atoms with E-state index >= 15 is 0 Å². The van der Waals surface area contributed by atoms with Crippen molar-refractivity contribution in [3.8, 4) is 17.0 Å². The minimum atomic E-state index is -0.187. The lowest BCUT2D eigenvalue weighted by Gasteiger charge is -2.31. The molecule has 13 heteroatoms. The number of fused-ring (bicyclic) bond motifs is 1. The van der Waals surface area contributed by atoms with E-state index in [1.165, 1.54) is 6.92 Å². The largest absolute Gasteiger partial charge is 0.505 e. The molecule has 1 fully saturated rings. The Morgan fingerprint density at radius 2 is 1.79 bits per heavy atom. The van der Waals surface area contributed by atoms with Crippen LogP contribution in [0.25, 0.3) is 22.3 Å². The van der Waals surface area contributed by atoms with Crippen LogP contribution in [0.4, 0.5) is 17.2 Å². The average molecular weight is 633 g/mol. The molecule has 0 unspecified atom stereocenters. The average Bonchev–Trinajstić information content (AvgIpc) is 2.87. The number of nitrogens with one attached hydrogen (secondary N) is 1. The van der Waals surface area contributed by atoms with Crippen LogP contribution in [0.2, 0.25) is 10.0 Å². The number of nitrogens with zero attached hydrogens (tertiary/aromatic N) is 4. The van der Waals surface area contributed by atoms with Gasteiger partial charge >= 0.3 is 0 Å². The summed E-state index contributed by atoms with van der Waals surface area (Å²) in [5.41, 5.74) is 10.0. The molecule has 1 aliphatic heterocycles. The van der Waals surface area contributed by atoms with Crippen LogP contribution < -0.4 is 16.0 Å². The number of piperidine rings is 1. The molecule has 3 aromatic heterocycles. The minimum absolute atomic E-state index is 0. The van der Waals surface area contributed by atoms with E-state index < -0.39 is 0 Å². The molecule has 4 aromatic rings. The van der Waals surface area contributed by atoms with Gasteiger partial charge in [0.15, 0.2) is 11.5 Å². The highest BCUT2D eigenvalue weighted by Crippen LogP contribution is 2.37. The molecule has 1 atom stereocenters. The molecule has 0 saturated carbocycles. The standard InChI is InChI=1S/C26H24Cl2N6O2.3ClH/c1-14(35)18-12-30-22-6-5-21(15-9-19(27)26(36)20(28)10-15)33-25(22)24(18)32-17-4-7-23(31-11-17)34-8-2-3-16(29)13-34;;;/h4-7,9-12,16,36H,2-3,8,13,29H2,1H3,(H,30,32);3*1H/t16-;;;/m1.../s1. The van der Waals surface area contributed by atoms with Gasteiger partial charge < -0.3 is 21.1 Å². The number of carbonyl (C=O) groups is 1. The Kier molecular flexibility index (Phi) is 11.4. The Morgan fingerprint density at radius 3 is 2.41 bits per heavy atom. The van der Waals surface area contributed by atoms with Crippen LogP contribution in [0.15, 0.2) is 48.8 Å². The fraction of sp³-hybridized carbons (Fsp3) is 0.231. The molecule has 0 bridgehead atoms. The molecular weight excluding hydrogens is 606 g/mol. The van der Waals surface area contributed by atoms with Gasteiger partial charge in [0, 0.05) is 30.9 Å². The lowest BCUT2D eigenvalue weighted by Crippen LogP contribution is -2.43. The monoisotopic (exact) mass is 630 g/mol. The smallest absolute Gasteiger partial charge is 0.163 e. The van der Waals surface area contributed by atoms with Crippen molar-refractivity contribution < 1.29 is 9.90 Å². The van der Waals surface area contributed by atoms with Crippen molar-refractivity contribution >= 4 is 94.4 Å². The van der Waals surface area contributed by atoms with E-state index in [0.717, 1.165) is 31.7 Å². The lowest BCUT2D eigenvalue weighted by atomic mass is 10.1. The molecule has 39 heavy (non-hydrogen) atoms. The Bertz CT molecular complexity index is 1450. The van der Waals surface area contributed by atoms with Crippen LogP contribution >= 0.6 is 60.4 Å². The van der Waals surface area contributed by atoms with Crippen LogP contribution in [0.3, 0.4) is 0 Å². The second kappa shape index (κ2) is 13.7. The Morgan fingerprint density at radius 1 is 1.08 bits per heavy atom. The van der Waals surface area contributed by atoms with E-state index in [-0.39, 0.29) is 64.8 Å². The van der Waals surface area contributed by atoms with Gasteiger partial charge in [-0.3, -0.25) is 9.78 Å². The number of carbonyl (C=O) groups excluding carboxylic acids is 1. The van der Waals surface area contributed by atoms with Gasteiger partial charge in [-0.25, -0.2) is 9.97 Å². The van der Waals surface area contributed by atoms with Gasteiger partial charge in [-0.15, -0.1) is 37.2 Å². The molecule has 1 saturated heterocycles. The molecule has 4 N–H and O–H groups in total. The van der Waals surface area contributed by atoms with Gasteiger partial charge in [-0.1, -0.05) is 23.2 Å². The molecule has 4 heterocycles. The van der Waals surface area contributed by atoms with Crippen LogP contribution in [-0.2, 0) is 0 Å². The van der Waals surface area contributed by atoms with Crippen LogP contribution in [-0.4, -0.2) is 45.0 Å². The fourth-order valence-electron chi connectivity index (χ4n) is 4.34.